The predicted octanol–water partition coefficient (Wildman–Crippen LogP) is 1.92. The van der Waals surface area contributed by atoms with E-state index in [1.165, 1.54) is 0 Å². The summed E-state index contributed by atoms with van der Waals surface area (Å²) in [4.78, 5) is 38.0. The second-order valence-corrected chi connectivity index (χ2v) is 6.91. The predicted molar refractivity (Wildman–Crippen MR) is 91.2 cm³/mol. The molecule has 130 valence electrons. The van der Waals surface area contributed by atoms with Gasteiger partial charge in [0, 0.05) is 6.04 Å². The number of carbonyl (C=O) groups excluding carboxylic acids is 3. The molecule has 1 aromatic rings. The molecule has 6 nitrogen and oxygen atoms in total. The molecule has 2 atom stereocenters. The first-order valence-corrected chi connectivity index (χ1v) is 8.15. The first kappa shape index (κ1) is 18.0. The summed E-state index contributed by atoms with van der Waals surface area (Å²) in [5.74, 6) is -0.480. The Morgan fingerprint density at radius 1 is 1.21 bits per heavy atom. The van der Waals surface area contributed by atoms with Gasteiger partial charge in [0.05, 0.1) is 0 Å². The van der Waals surface area contributed by atoms with Crippen molar-refractivity contribution in [3.63, 3.8) is 0 Å². The number of urea groups is 1. The summed E-state index contributed by atoms with van der Waals surface area (Å²) in [6, 6.07) is 6.84. The quantitative estimate of drug-likeness (QED) is 0.809. The van der Waals surface area contributed by atoms with Gasteiger partial charge in [0.15, 0.2) is 0 Å². The fraction of sp³-hybridized carbons (Fsp3) is 0.500. The zero-order valence-corrected chi connectivity index (χ0v) is 14.8. The van der Waals surface area contributed by atoms with E-state index in [0.29, 0.717) is 5.56 Å². The van der Waals surface area contributed by atoms with Crippen molar-refractivity contribution in [1.82, 2.24) is 15.5 Å². The van der Waals surface area contributed by atoms with Crippen LogP contribution < -0.4 is 10.6 Å². The van der Waals surface area contributed by atoms with Gasteiger partial charge in [-0.2, -0.15) is 0 Å². The van der Waals surface area contributed by atoms with Crippen molar-refractivity contribution in [2.24, 2.45) is 5.92 Å². The van der Waals surface area contributed by atoms with E-state index in [1.54, 1.807) is 6.92 Å². The zero-order valence-electron chi connectivity index (χ0n) is 14.8. The van der Waals surface area contributed by atoms with Crippen LogP contribution in [0.5, 0.6) is 0 Å². The summed E-state index contributed by atoms with van der Waals surface area (Å²) >= 11 is 0. The van der Waals surface area contributed by atoms with Gasteiger partial charge in [0.25, 0.3) is 5.91 Å². The third-order valence-electron chi connectivity index (χ3n) is 4.59. The molecule has 24 heavy (non-hydrogen) atoms. The van der Waals surface area contributed by atoms with E-state index < -0.39 is 17.5 Å². The van der Waals surface area contributed by atoms with Gasteiger partial charge in [0.1, 0.15) is 12.1 Å². The molecule has 0 saturated carbocycles. The second kappa shape index (κ2) is 6.63. The van der Waals surface area contributed by atoms with Crippen molar-refractivity contribution in [2.45, 2.75) is 46.2 Å². The molecule has 1 saturated heterocycles. The first-order chi connectivity index (χ1) is 11.1. The van der Waals surface area contributed by atoms with Crippen molar-refractivity contribution in [3.05, 3.63) is 35.4 Å². The van der Waals surface area contributed by atoms with Crippen LogP contribution in [-0.2, 0) is 15.1 Å². The second-order valence-electron chi connectivity index (χ2n) is 6.91. The van der Waals surface area contributed by atoms with Crippen LogP contribution in [0.25, 0.3) is 0 Å². The smallest absolute Gasteiger partial charge is 0.325 e. The van der Waals surface area contributed by atoms with Crippen LogP contribution in [0.4, 0.5) is 4.79 Å². The lowest BCUT2D eigenvalue weighted by Gasteiger charge is -2.23. The number of nitrogens with one attached hydrogen (secondary N) is 2. The summed E-state index contributed by atoms with van der Waals surface area (Å²) in [5.41, 5.74) is 0.622. The number of nitrogens with zero attached hydrogens (tertiary/aromatic N) is 1. The normalized spacial score (nSPS) is 21.8. The van der Waals surface area contributed by atoms with Crippen molar-refractivity contribution >= 4 is 17.8 Å². The molecule has 2 N–H and O–H groups in total. The molecular weight excluding hydrogens is 306 g/mol. The van der Waals surface area contributed by atoms with Crippen molar-refractivity contribution in [3.8, 4) is 0 Å². The maximum absolute atomic E-state index is 12.7. The third-order valence-corrected chi connectivity index (χ3v) is 4.59. The van der Waals surface area contributed by atoms with Gasteiger partial charge in [-0.05, 0) is 32.3 Å². The molecule has 1 aliphatic rings. The SMILES string of the molecule is Cc1ccc([C@@]2(C)NC(=O)N(CC(=O)N[C@H](C)C(C)C)C2=O)cc1. The molecule has 1 aromatic carbocycles. The zero-order chi connectivity index (χ0) is 18.1. The van der Waals surface area contributed by atoms with Crippen LogP contribution in [0, 0.1) is 12.8 Å². The lowest BCUT2D eigenvalue weighted by atomic mass is 9.91. The summed E-state index contributed by atoms with van der Waals surface area (Å²) in [5, 5.41) is 5.51. The molecule has 6 heteroatoms. The molecular formula is C18H25N3O3. The molecule has 4 amide bonds. The van der Waals surface area contributed by atoms with Crippen LogP contribution in [0.1, 0.15) is 38.8 Å². The summed E-state index contributed by atoms with van der Waals surface area (Å²) < 4.78 is 0. The number of rotatable bonds is 5. The monoisotopic (exact) mass is 331 g/mol. The molecule has 0 unspecified atom stereocenters. The van der Waals surface area contributed by atoms with E-state index in [0.717, 1.165) is 10.5 Å². The highest BCUT2D eigenvalue weighted by molar-refractivity contribution is 6.09. The minimum absolute atomic E-state index is 0.0262. The van der Waals surface area contributed by atoms with Crippen LogP contribution >= 0.6 is 0 Å². The molecule has 2 rings (SSSR count). The van der Waals surface area contributed by atoms with E-state index in [9.17, 15) is 14.4 Å². The lowest BCUT2D eigenvalue weighted by Crippen LogP contribution is -2.46. The number of imide groups is 1. The first-order valence-electron chi connectivity index (χ1n) is 8.15. The third kappa shape index (κ3) is 3.42. The maximum atomic E-state index is 12.7. The number of benzene rings is 1. The van der Waals surface area contributed by atoms with E-state index in [4.69, 9.17) is 0 Å². The Morgan fingerprint density at radius 2 is 1.79 bits per heavy atom. The summed E-state index contributed by atoms with van der Waals surface area (Å²) in [6.07, 6.45) is 0. The van der Waals surface area contributed by atoms with E-state index >= 15 is 0 Å². The van der Waals surface area contributed by atoms with Crippen LogP contribution in [0.3, 0.4) is 0 Å². The van der Waals surface area contributed by atoms with Gasteiger partial charge in [0.2, 0.25) is 5.91 Å². The van der Waals surface area contributed by atoms with E-state index in [-0.39, 0.29) is 24.4 Å². The lowest BCUT2D eigenvalue weighted by molar-refractivity contribution is -0.135. The Morgan fingerprint density at radius 3 is 2.33 bits per heavy atom. The van der Waals surface area contributed by atoms with Gasteiger partial charge >= 0.3 is 6.03 Å². The Kier molecular flexibility index (Phi) is 4.96. The molecule has 1 fully saturated rings. The van der Waals surface area contributed by atoms with Crippen LogP contribution in [0.2, 0.25) is 0 Å². The summed E-state index contributed by atoms with van der Waals surface area (Å²) in [7, 11) is 0. The number of aryl methyl sites for hydroxylation is 1. The summed E-state index contributed by atoms with van der Waals surface area (Å²) in [6.45, 7) is 9.22. The minimum atomic E-state index is -1.14. The Bertz CT molecular complexity index is 654. The van der Waals surface area contributed by atoms with Crippen molar-refractivity contribution < 1.29 is 14.4 Å². The van der Waals surface area contributed by atoms with Crippen LogP contribution in [-0.4, -0.2) is 35.3 Å². The molecule has 1 aliphatic heterocycles. The maximum Gasteiger partial charge on any atom is 0.325 e. The number of amides is 4. The molecule has 0 bridgehead atoms. The number of hydrogen-bond donors (Lipinski definition) is 2. The average Bonchev–Trinajstić information content (AvgIpc) is 2.72. The molecule has 0 aliphatic carbocycles. The molecule has 0 aromatic heterocycles. The van der Waals surface area contributed by atoms with Gasteiger partial charge in [-0.25, -0.2) is 4.79 Å². The minimum Gasteiger partial charge on any atom is -0.352 e. The van der Waals surface area contributed by atoms with E-state index in [1.807, 2.05) is 52.0 Å². The topological polar surface area (TPSA) is 78.5 Å². The highest BCUT2D eigenvalue weighted by Crippen LogP contribution is 2.28. The Labute approximate surface area is 142 Å². The molecule has 0 spiro atoms. The van der Waals surface area contributed by atoms with Gasteiger partial charge < -0.3 is 10.6 Å². The Balaban J connectivity index is 2.14. The number of carbonyl (C=O) groups is 3. The Hall–Kier alpha value is -2.37. The van der Waals surface area contributed by atoms with Gasteiger partial charge in [-0.3, -0.25) is 14.5 Å². The average molecular weight is 331 g/mol. The van der Waals surface area contributed by atoms with Gasteiger partial charge in [-0.1, -0.05) is 43.7 Å². The largest absolute Gasteiger partial charge is 0.352 e. The van der Waals surface area contributed by atoms with Gasteiger partial charge in [-0.15, -0.1) is 0 Å². The van der Waals surface area contributed by atoms with Crippen molar-refractivity contribution in [1.29, 1.82) is 0 Å². The fourth-order valence-corrected chi connectivity index (χ4v) is 2.53. The molecule has 1 heterocycles. The highest BCUT2D eigenvalue weighted by atomic mass is 16.2. The highest BCUT2D eigenvalue weighted by Gasteiger charge is 2.49. The standard InChI is InChI=1S/C18H25N3O3/c1-11(2)13(4)19-15(22)10-21-16(23)18(5,20-17(21)24)14-8-6-12(3)7-9-14/h6-9,11,13H,10H2,1-5H3,(H,19,22)(H,20,24)/t13-,18-/m1/s1. The van der Waals surface area contributed by atoms with Crippen LogP contribution in [0.15, 0.2) is 24.3 Å². The number of hydrogen-bond acceptors (Lipinski definition) is 3. The fourth-order valence-electron chi connectivity index (χ4n) is 2.53. The molecule has 0 radical (unpaired) electrons. The van der Waals surface area contributed by atoms with E-state index in [2.05, 4.69) is 10.6 Å². The van der Waals surface area contributed by atoms with Crippen molar-refractivity contribution in [2.75, 3.05) is 6.54 Å².